The summed E-state index contributed by atoms with van der Waals surface area (Å²) in [7, 11) is 0. The average molecular weight is 563 g/mol. The molecule has 0 aliphatic rings. The first-order valence-electron chi connectivity index (χ1n) is 15.1. The number of fused-ring (bicyclic) bond motifs is 3. The van der Waals surface area contributed by atoms with Crippen molar-refractivity contribution >= 4 is 21.9 Å². The smallest absolute Gasteiger partial charge is 0.143 e. The van der Waals surface area contributed by atoms with Crippen LogP contribution in [-0.2, 0) is 0 Å². The van der Waals surface area contributed by atoms with Crippen LogP contribution in [0.5, 0.6) is 0 Å². The van der Waals surface area contributed by atoms with Crippen molar-refractivity contribution in [3.63, 3.8) is 0 Å². The maximum Gasteiger partial charge on any atom is 0.143 e. The van der Waals surface area contributed by atoms with Crippen LogP contribution in [0, 0.1) is 0 Å². The molecule has 1 aromatic heterocycles. The molecular weight excluding hydrogens is 532 g/mol. The minimum atomic E-state index is 0.0979. The molecule has 0 amide bonds. The van der Waals surface area contributed by atoms with Gasteiger partial charge in [-0.3, -0.25) is 0 Å². The fourth-order valence-corrected chi connectivity index (χ4v) is 6.40. The molecule has 44 heavy (non-hydrogen) atoms. The quantitative estimate of drug-likeness (QED) is 0.184. The highest BCUT2D eigenvalue weighted by Gasteiger charge is 2.19. The van der Waals surface area contributed by atoms with E-state index in [0.717, 1.165) is 33.1 Å². The summed E-state index contributed by atoms with van der Waals surface area (Å²) in [6, 6.07) is 62.9. The lowest BCUT2D eigenvalue weighted by Gasteiger charge is -2.20. The van der Waals surface area contributed by atoms with Crippen LogP contribution in [0.3, 0.4) is 0 Å². The minimum Gasteiger partial charge on any atom is -0.455 e. The number of furan rings is 1. The molecule has 1 heterocycles. The number of benzene rings is 7. The SMILES string of the molecule is c1ccc(-c2ccc(C(c3ccc(-c4ccccc4)cc3)c3ccc(-c4cccc5c4oc4ccccc45)cc3)cc2)cc1. The topological polar surface area (TPSA) is 13.1 Å². The lowest BCUT2D eigenvalue weighted by Crippen LogP contribution is -2.03. The predicted molar refractivity (Wildman–Crippen MR) is 184 cm³/mol. The van der Waals surface area contributed by atoms with E-state index in [9.17, 15) is 0 Å². The molecule has 208 valence electrons. The third kappa shape index (κ3) is 4.79. The van der Waals surface area contributed by atoms with Gasteiger partial charge in [-0.05, 0) is 50.6 Å². The fraction of sp³-hybridized carbons (Fsp3) is 0.0233. The second-order valence-corrected chi connectivity index (χ2v) is 11.3. The van der Waals surface area contributed by atoms with Crippen molar-refractivity contribution in [1.82, 2.24) is 0 Å². The van der Waals surface area contributed by atoms with Gasteiger partial charge in [0.05, 0.1) is 0 Å². The highest BCUT2D eigenvalue weighted by molar-refractivity contribution is 6.09. The summed E-state index contributed by atoms with van der Waals surface area (Å²) in [5.41, 5.74) is 12.8. The minimum absolute atomic E-state index is 0.0979. The molecular formula is C43H30O. The number of hydrogen-bond acceptors (Lipinski definition) is 1. The van der Waals surface area contributed by atoms with Gasteiger partial charge in [-0.1, -0.05) is 170 Å². The van der Waals surface area contributed by atoms with E-state index in [1.54, 1.807) is 0 Å². The highest BCUT2D eigenvalue weighted by Crippen LogP contribution is 2.38. The zero-order valence-corrected chi connectivity index (χ0v) is 24.2. The van der Waals surface area contributed by atoms with E-state index in [2.05, 4.69) is 164 Å². The molecule has 0 atom stereocenters. The Balaban J connectivity index is 1.19. The summed E-state index contributed by atoms with van der Waals surface area (Å²) in [5.74, 6) is 0.0979. The van der Waals surface area contributed by atoms with Gasteiger partial charge in [-0.2, -0.15) is 0 Å². The molecule has 0 bridgehead atoms. The summed E-state index contributed by atoms with van der Waals surface area (Å²) in [4.78, 5) is 0. The van der Waals surface area contributed by atoms with Crippen LogP contribution in [0.4, 0.5) is 0 Å². The average Bonchev–Trinajstić information content (AvgIpc) is 3.49. The van der Waals surface area contributed by atoms with Gasteiger partial charge < -0.3 is 4.42 Å². The zero-order chi connectivity index (χ0) is 29.3. The molecule has 8 rings (SSSR count). The number of hydrogen-bond donors (Lipinski definition) is 0. The molecule has 7 aromatic carbocycles. The second-order valence-electron chi connectivity index (χ2n) is 11.3. The summed E-state index contributed by atoms with van der Waals surface area (Å²) in [6.45, 7) is 0. The van der Waals surface area contributed by atoms with Crippen molar-refractivity contribution in [2.24, 2.45) is 0 Å². The Morgan fingerprint density at radius 3 is 1.30 bits per heavy atom. The Labute approximate surface area is 257 Å². The first-order valence-corrected chi connectivity index (χ1v) is 15.1. The second kappa shape index (κ2) is 11.2. The molecule has 0 fully saturated rings. The fourth-order valence-electron chi connectivity index (χ4n) is 6.40. The Hall–Kier alpha value is -5.66. The van der Waals surface area contributed by atoms with E-state index in [1.807, 2.05) is 12.1 Å². The molecule has 8 aromatic rings. The van der Waals surface area contributed by atoms with Crippen LogP contribution < -0.4 is 0 Å². The Morgan fingerprint density at radius 2 is 0.750 bits per heavy atom. The van der Waals surface area contributed by atoms with Gasteiger partial charge in [-0.15, -0.1) is 0 Å². The van der Waals surface area contributed by atoms with Gasteiger partial charge in [0.2, 0.25) is 0 Å². The molecule has 0 N–H and O–H groups in total. The summed E-state index contributed by atoms with van der Waals surface area (Å²) < 4.78 is 6.35. The first-order chi connectivity index (χ1) is 21.8. The molecule has 0 radical (unpaired) electrons. The van der Waals surface area contributed by atoms with E-state index >= 15 is 0 Å². The van der Waals surface area contributed by atoms with Crippen LogP contribution in [0.2, 0.25) is 0 Å². The van der Waals surface area contributed by atoms with Crippen molar-refractivity contribution in [3.05, 3.63) is 193 Å². The van der Waals surface area contributed by atoms with E-state index in [0.29, 0.717) is 0 Å². The Kier molecular flexibility index (Phi) is 6.62. The maximum absolute atomic E-state index is 6.35. The number of rotatable bonds is 6. The van der Waals surface area contributed by atoms with Gasteiger partial charge >= 0.3 is 0 Å². The van der Waals surface area contributed by atoms with Crippen molar-refractivity contribution in [2.45, 2.75) is 5.92 Å². The van der Waals surface area contributed by atoms with Crippen molar-refractivity contribution in [1.29, 1.82) is 0 Å². The normalized spacial score (nSPS) is 11.4. The van der Waals surface area contributed by atoms with Crippen LogP contribution in [-0.4, -0.2) is 0 Å². The third-order valence-corrected chi connectivity index (χ3v) is 8.66. The summed E-state index contributed by atoms with van der Waals surface area (Å²) in [6.07, 6.45) is 0. The van der Waals surface area contributed by atoms with Gasteiger partial charge in [0, 0.05) is 22.3 Å². The van der Waals surface area contributed by atoms with Gasteiger partial charge in [0.1, 0.15) is 11.2 Å². The van der Waals surface area contributed by atoms with Crippen LogP contribution >= 0.6 is 0 Å². The largest absolute Gasteiger partial charge is 0.455 e. The molecule has 0 saturated carbocycles. The molecule has 0 saturated heterocycles. The summed E-state index contributed by atoms with van der Waals surface area (Å²) >= 11 is 0. The van der Waals surface area contributed by atoms with E-state index in [1.165, 1.54) is 38.9 Å². The highest BCUT2D eigenvalue weighted by atomic mass is 16.3. The van der Waals surface area contributed by atoms with Crippen molar-refractivity contribution in [3.8, 4) is 33.4 Å². The van der Waals surface area contributed by atoms with Crippen molar-refractivity contribution in [2.75, 3.05) is 0 Å². The summed E-state index contributed by atoms with van der Waals surface area (Å²) in [5, 5.41) is 2.30. The van der Waals surface area contributed by atoms with Crippen molar-refractivity contribution < 1.29 is 4.42 Å². The van der Waals surface area contributed by atoms with Crippen LogP contribution in [0.25, 0.3) is 55.3 Å². The molecule has 0 aliphatic carbocycles. The van der Waals surface area contributed by atoms with E-state index < -0.39 is 0 Å². The zero-order valence-electron chi connectivity index (χ0n) is 24.2. The third-order valence-electron chi connectivity index (χ3n) is 8.66. The molecule has 0 unspecified atom stereocenters. The predicted octanol–water partition coefficient (Wildman–Crippen LogP) is 11.8. The van der Waals surface area contributed by atoms with E-state index in [-0.39, 0.29) is 5.92 Å². The molecule has 0 spiro atoms. The van der Waals surface area contributed by atoms with Gasteiger partial charge in [-0.25, -0.2) is 0 Å². The molecule has 1 heteroatoms. The maximum atomic E-state index is 6.35. The monoisotopic (exact) mass is 562 g/mol. The standard InChI is InChI=1S/C43H30O/c1-3-10-30(11-4-1)32-18-24-35(25-19-32)42(36-26-20-33(21-27-36)31-12-5-2-6-13-31)37-28-22-34(23-29-37)38-15-9-16-40-39-14-7-8-17-41(39)44-43(38)40/h1-29,42H. The lowest BCUT2D eigenvalue weighted by atomic mass is 9.83. The van der Waals surface area contributed by atoms with Gasteiger partial charge in [0.15, 0.2) is 0 Å². The Morgan fingerprint density at radius 1 is 0.318 bits per heavy atom. The first kappa shape index (κ1) is 26.0. The lowest BCUT2D eigenvalue weighted by molar-refractivity contribution is 0.670. The number of para-hydroxylation sites is 2. The van der Waals surface area contributed by atoms with Gasteiger partial charge in [0.25, 0.3) is 0 Å². The molecule has 1 nitrogen and oxygen atoms in total. The van der Waals surface area contributed by atoms with E-state index in [4.69, 9.17) is 4.42 Å². The Bertz CT molecular complexity index is 2090. The van der Waals surface area contributed by atoms with Crippen LogP contribution in [0.15, 0.2) is 180 Å². The van der Waals surface area contributed by atoms with Crippen LogP contribution in [0.1, 0.15) is 22.6 Å². The molecule has 0 aliphatic heterocycles.